The molecular formula is C20H23ClFN3O2. The Morgan fingerprint density at radius 3 is 2.81 bits per heavy atom. The third-order valence-corrected chi connectivity index (χ3v) is 4.82. The quantitative estimate of drug-likeness (QED) is 0.794. The lowest BCUT2D eigenvalue weighted by Gasteiger charge is -2.31. The summed E-state index contributed by atoms with van der Waals surface area (Å²) in [6.07, 6.45) is 3.21. The van der Waals surface area contributed by atoms with Crippen molar-refractivity contribution < 1.29 is 13.9 Å². The Balaban J connectivity index is 1.60. The molecule has 0 atom stereocenters. The van der Waals surface area contributed by atoms with Crippen LogP contribution in [-0.4, -0.2) is 41.5 Å². The number of anilines is 1. The number of rotatable bonds is 6. The fourth-order valence-electron chi connectivity index (χ4n) is 3.15. The van der Waals surface area contributed by atoms with E-state index < -0.39 is 11.7 Å². The summed E-state index contributed by atoms with van der Waals surface area (Å²) in [5.41, 5.74) is 0.189. The van der Waals surface area contributed by atoms with Gasteiger partial charge in [-0.3, -0.25) is 4.79 Å². The van der Waals surface area contributed by atoms with E-state index in [9.17, 15) is 9.18 Å². The fourth-order valence-corrected chi connectivity index (χ4v) is 3.40. The Kier molecular flexibility index (Phi) is 6.63. The van der Waals surface area contributed by atoms with Crippen molar-refractivity contribution in [3.8, 4) is 5.88 Å². The van der Waals surface area contributed by atoms with Crippen LogP contribution in [0.5, 0.6) is 5.88 Å². The van der Waals surface area contributed by atoms with Crippen LogP contribution in [0.2, 0.25) is 5.02 Å². The SMILES string of the molecule is CCCN1CCC(Oc2cccc(NC(=O)c3ccc(F)cc3Cl)n2)CC1. The minimum Gasteiger partial charge on any atom is -0.474 e. The van der Waals surface area contributed by atoms with E-state index in [1.54, 1.807) is 18.2 Å². The molecular weight excluding hydrogens is 369 g/mol. The maximum Gasteiger partial charge on any atom is 0.258 e. The summed E-state index contributed by atoms with van der Waals surface area (Å²) in [5.74, 6) is -0.0964. The molecule has 0 spiro atoms. The van der Waals surface area contributed by atoms with E-state index in [0.717, 1.165) is 45.0 Å². The molecule has 1 amide bonds. The monoisotopic (exact) mass is 391 g/mol. The number of carbonyl (C=O) groups excluding carboxylic acids is 1. The molecule has 27 heavy (non-hydrogen) atoms. The van der Waals surface area contributed by atoms with Crippen LogP contribution in [-0.2, 0) is 0 Å². The van der Waals surface area contributed by atoms with Crippen molar-refractivity contribution >= 4 is 23.3 Å². The Morgan fingerprint density at radius 1 is 1.33 bits per heavy atom. The standard InChI is InChI=1S/C20H23ClFN3O2/c1-2-10-25-11-8-15(9-12-25)27-19-5-3-4-18(23-19)24-20(26)16-7-6-14(22)13-17(16)21/h3-7,13,15H,2,8-12H2,1H3,(H,23,24,26). The zero-order chi connectivity index (χ0) is 19.2. The van der Waals surface area contributed by atoms with Crippen LogP contribution in [0.25, 0.3) is 0 Å². The summed E-state index contributed by atoms with van der Waals surface area (Å²) >= 11 is 5.93. The topological polar surface area (TPSA) is 54.5 Å². The van der Waals surface area contributed by atoms with Gasteiger partial charge < -0.3 is 15.0 Å². The van der Waals surface area contributed by atoms with Gasteiger partial charge in [-0.05, 0) is 50.1 Å². The van der Waals surface area contributed by atoms with E-state index in [2.05, 4.69) is 22.1 Å². The molecule has 0 unspecified atom stereocenters. The predicted octanol–water partition coefficient (Wildman–Crippen LogP) is 4.38. The Labute approximate surface area is 163 Å². The van der Waals surface area contributed by atoms with E-state index >= 15 is 0 Å². The minimum atomic E-state index is -0.491. The van der Waals surface area contributed by atoms with Gasteiger partial charge in [-0.2, -0.15) is 4.98 Å². The van der Waals surface area contributed by atoms with E-state index in [1.165, 1.54) is 12.1 Å². The van der Waals surface area contributed by atoms with Crippen molar-refractivity contribution in [2.75, 3.05) is 25.0 Å². The van der Waals surface area contributed by atoms with Gasteiger partial charge in [0.1, 0.15) is 17.7 Å². The fraction of sp³-hybridized carbons (Fsp3) is 0.400. The number of benzene rings is 1. The highest BCUT2D eigenvalue weighted by Crippen LogP contribution is 2.21. The van der Waals surface area contributed by atoms with Gasteiger partial charge in [0.2, 0.25) is 5.88 Å². The highest BCUT2D eigenvalue weighted by atomic mass is 35.5. The molecule has 2 aromatic rings. The summed E-state index contributed by atoms with van der Waals surface area (Å²) in [6, 6.07) is 8.87. The van der Waals surface area contributed by atoms with Gasteiger partial charge in [-0.1, -0.05) is 24.6 Å². The number of hydrogen-bond donors (Lipinski definition) is 1. The van der Waals surface area contributed by atoms with Gasteiger partial charge in [0, 0.05) is 19.2 Å². The van der Waals surface area contributed by atoms with Crippen molar-refractivity contribution in [3.05, 3.63) is 52.8 Å². The van der Waals surface area contributed by atoms with Crippen LogP contribution in [0.15, 0.2) is 36.4 Å². The van der Waals surface area contributed by atoms with Gasteiger partial charge in [-0.25, -0.2) is 4.39 Å². The van der Waals surface area contributed by atoms with Crippen LogP contribution >= 0.6 is 11.6 Å². The summed E-state index contributed by atoms with van der Waals surface area (Å²) in [5, 5.41) is 2.73. The number of nitrogens with one attached hydrogen (secondary N) is 1. The van der Waals surface area contributed by atoms with E-state index in [4.69, 9.17) is 16.3 Å². The van der Waals surface area contributed by atoms with Crippen molar-refractivity contribution in [1.29, 1.82) is 0 Å². The summed E-state index contributed by atoms with van der Waals surface area (Å²) in [7, 11) is 0. The van der Waals surface area contributed by atoms with Gasteiger partial charge in [0.15, 0.2) is 0 Å². The summed E-state index contributed by atoms with van der Waals surface area (Å²) in [6.45, 7) is 5.36. The molecule has 144 valence electrons. The second kappa shape index (κ2) is 9.15. The molecule has 3 rings (SSSR count). The lowest BCUT2D eigenvalue weighted by Crippen LogP contribution is -2.38. The van der Waals surface area contributed by atoms with Crippen LogP contribution < -0.4 is 10.1 Å². The average molecular weight is 392 g/mol. The molecule has 0 aliphatic carbocycles. The molecule has 7 heteroatoms. The third-order valence-electron chi connectivity index (χ3n) is 4.50. The Morgan fingerprint density at radius 2 is 2.11 bits per heavy atom. The average Bonchev–Trinajstić information content (AvgIpc) is 2.64. The largest absolute Gasteiger partial charge is 0.474 e. The molecule has 5 nitrogen and oxygen atoms in total. The Bertz CT molecular complexity index is 795. The first-order valence-corrected chi connectivity index (χ1v) is 9.55. The zero-order valence-electron chi connectivity index (χ0n) is 15.3. The second-order valence-electron chi connectivity index (χ2n) is 6.60. The molecule has 2 heterocycles. The normalized spacial score (nSPS) is 15.5. The minimum absolute atomic E-state index is 0.0544. The van der Waals surface area contributed by atoms with Gasteiger partial charge in [-0.15, -0.1) is 0 Å². The molecule has 1 aliphatic heterocycles. The van der Waals surface area contributed by atoms with Gasteiger partial charge in [0.25, 0.3) is 5.91 Å². The van der Waals surface area contributed by atoms with E-state index in [1.807, 2.05) is 0 Å². The number of amides is 1. The summed E-state index contributed by atoms with van der Waals surface area (Å²) < 4.78 is 19.1. The van der Waals surface area contributed by atoms with Crippen LogP contribution in [0.4, 0.5) is 10.2 Å². The number of halogens is 2. The van der Waals surface area contributed by atoms with Crippen LogP contribution in [0.1, 0.15) is 36.5 Å². The highest BCUT2D eigenvalue weighted by molar-refractivity contribution is 6.34. The predicted molar refractivity (Wildman–Crippen MR) is 104 cm³/mol. The maximum absolute atomic E-state index is 13.1. The van der Waals surface area contributed by atoms with E-state index in [0.29, 0.717) is 11.7 Å². The molecule has 0 bridgehead atoms. The lowest BCUT2D eigenvalue weighted by atomic mass is 10.1. The zero-order valence-corrected chi connectivity index (χ0v) is 16.0. The van der Waals surface area contributed by atoms with Gasteiger partial charge in [0.05, 0.1) is 10.6 Å². The molecule has 1 fully saturated rings. The molecule has 1 N–H and O–H groups in total. The molecule has 1 aromatic heterocycles. The number of likely N-dealkylation sites (tertiary alicyclic amines) is 1. The van der Waals surface area contributed by atoms with Gasteiger partial charge >= 0.3 is 0 Å². The van der Waals surface area contributed by atoms with Crippen molar-refractivity contribution in [2.24, 2.45) is 0 Å². The summed E-state index contributed by atoms with van der Waals surface area (Å²) in [4.78, 5) is 19.1. The highest BCUT2D eigenvalue weighted by Gasteiger charge is 2.20. The molecule has 1 aromatic carbocycles. The number of aromatic nitrogens is 1. The molecule has 1 saturated heterocycles. The first kappa shape index (κ1) is 19.6. The van der Waals surface area contributed by atoms with Crippen molar-refractivity contribution in [3.63, 3.8) is 0 Å². The first-order chi connectivity index (χ1) is 13.0. The van der Waals surface area contributed by atoms with Crippen LogP contribution in [0.3, 0.4) is 0 Å². The number of ether oxygens (including phenoxy) is 1. The second-order valence-corrected chi connectivity index (χ2v) is 7.01. The number of carbonyl (C=O) groups is 1. The number of piperidine rings is 1. The first-order valence-electron chi connectivity index (χ1n) is 9.17. The third kappa shape index (κ3) is 5.40. The van der Waals surface area contributed by atoms with Crippen molar-refractivity contribution in [2.45, 2.75) is 32.3 Å². The van der Waals surface area contributed by atoms with Crippen molar-refractivity contribution in [1.82, 2.24) is 9.88 Å². The maximum atomic E-state index is 13.1. The van der Waals surface area contributed by atoms with E-state index in [-0.39, 0.29) is 16.7 Å². The number of nitrogens with zero attached hydrogens (tertiary/aromatic N) is 2. The molecule has 1 aliphatic rings. The Hall–Kier alpha value is -2.18. The number of hydrogen-bond acceptors (Lipinski definition) is 4. The number of pyridine rings is 1. The molecule has 0 saturated carbocycles. The van der Waals surface area contributed by atoms with Crippen LogP contribution in [0, 0.1) is 5.82 Å². The lowest BCUT2D eigenvalue weighted by molar-refractivity contribution is 0.0970. The smallest absolute Gasteiger partial charge is 0.258 e. The molecule has 0 radical (unpaired) electrons.